The van der Waals surface area contributed by atoms with E-state index in [0.29, 0.717) is 5.56 Å². The van der Waals surface area contributed by atoms with Gasteiger partial charge < -0.3 is 119 Å². The average molecular weight is 1080 g/mol. The number of rotatable bonds is 16. The molecular formula is C51H55O26+. The molecule has 0 aromatic heterocycles. The zero-order valence-corrected chi connectivity index (χ0v) is 39.9. The van der Waals surface area contributed by atoms with Crippen LogP contribution >= 0.6 is 0 Å². The Hall–Kier alpha value is -7.28. The minimum absolute atomic E-state index is 0.00513. The van der Waals surface area contributed by atoms with Crippen LogP contribution in [0.3, 0.4) is 0 Å². The molecule has 8 rings (SSSR count). The van der Waals surface area contributed by atoms with Crippen LogP contribution in [0, 0.1) is 0 Å². The fourth-order valence-corrected chi connectivity index (χ4v) is 8.43. The lowest BCUT2D eigenvalue weighted by Gasteiger charge is -2.46. The van der Waals surface area contributed by atoms with Gasteiger partial charge in [-0.1, -0.05) is 12.1 Å². The highest BCUT2D eigenvalue weighted by atomic mass is 16.8. The van der Waals surface area contributed by atoms with Crippen molar-refractivity contribution in [3.63, 3.8) is 0 Å². The molecule has 26 heteroatoms. The van der Waals surface area contributed by atoms with Gasteiger partial charge in [0.2, 0.25) is 12.6 Å². The largest absolute Gasteiger partial charge is 0.571 e. The van der Waals surface area contributed by atoms with E-state index in [4.69, 9.17) is 42.6 Å². The fraction of sp³-hybridized carbons (Fsp3) is 0.373. The lowest BCUT2D eigenvalue weighted by molar-refractivity contribution is -0.364. The van der Waals surface area contributed by atoms with E-state index in [1.807, 2.05) is 0 Å². The minimum atomic E-state index is -2.13. The minimum Gasteiger partial charge on any atom is -0.571 e. The van der Waals surface area contributed by atoms with Crippen molar-refractivity contribution in [1.29, 1.82) is 0 Å². The molecule has 16 N–H and O–H groups in total. The summed E-state index contributed by atoms with van der Waals surface area (Å²) in [7, 11) is 0. The Kier molecular flexibility index (Phi) is 17.4. The monoisotopic (exact) mass is 1080 g/mol. The predicted molar refractivity (Wildman–Crippen MR) is 256 cm³/mol. The first kappa shape index (κ1) is 55.9. The van der Waals surface area contributed by atoms with Crippen LogP contribution < -0.4 is 4.74 Å². The average Bonchev–Trinajstić information content (AvgIpc) is 3.42. The van der Waals surface area contributed by atoms with Gasteiger partial charge in [-0.25, -0.2) is 9.59 Å². The van der Waals surface area contributed by atoms with E-state index in [2.05, 4.69) is 0 Å². The second kappa shape index (κ2) is 23.9. The quantitative estimate of drug-likeness (QED) is 0.0266. The maximum absolute atomic E-state index is 12.9. The standard InChI is InChI=1S/C51H54O26/c52-18-34-39(61)42(64)45(67)49(74-34)72-32-16-25(54)15-31-26(32)17-33(47(71-31)23-5-7-24(53)8-6-23)73-51-48(44(66)41(63)36(76-51)20-70-38(60)12-4-22-2-10-28(56)30(58)14-22)77-50-46(68)43(65)40(62)35(75-50)19-69-37(59)11-3-21-1-9-27(55)29(57)13-21/h1-17,34-36,39-58,61-68H,18-20H2/p+1/b11-3+,12-4+/t34-,35-,36-,39+,40+,41+,42-,43-,44-,45+,46+,47?,48-,49+,50-,51+/m0/s1. The van der Waals surface area contributed by atoms with Crippen molar-refractivity contribution in [2.24, 2.45) is 0 Å². The van der Waals surface area contributed by atoms with Crippen LogP contribution in [-0.2, 0) is 42.7 Å². The number of ether oxygens (including phenoxy) is 9. The number of phenols is 6. The molecule has 3 fully saturated rings. The molecule has 4 heterocycles. The molecule has 4 aliphatic heterocycles. The second-order valence-corrected chi connectivity index (χ2v) is 18.0. The maximum Gasteiger partial charge on any atom is 0.330 e. The molecule has 3 saturated heterocycles. The number of aliphatic hydroxyl groups is 10. The van der Waals surface area contributed by atoms with E-state index in [1.54, 1.807) is 0 Å². The number of aromatic hydroxyl groups is 7. The summed E-state index contributed by atoms with van der Waals surface area (Å²) in [5, 5.41) is 158. The second-order valence-electron chi connectivity index (χ2n) is 18.0. The first-order chi connectivity index (χ1) is 36.7. The summed E-state index contributed by atoms with van der Waals surface area (Å²) in [6, 6.07) is 15.2. The molecule has 16 atom stereocenters. The SMILES string of the molecule is O=C(/C=C/c1ccc(O)c(O)c1)OC[C@@H]1O[C@@H](O[C@@H]2[C@H](OC3=Cc4c(O[C@@H]5O[C@@H](CO)[C@@H](O)[C@H](O)[C@H]5O)cc(O)cc4[OH+]C3c3ccc(O)cc3)O[C@@H](COC(=O)/C=C/c3ccc(O)c(O)c3)[C@@H](O)[C@@H]2O)[C@H](O)[C@@H](O)[C@@H]1O. The van der Waals surface area contributed by atoms with Gasteiger partial charge in [-0.05, 0) is 71.8 Å². The fourth-order valence-electron chi connectivity index (χ4n) is 8.43. The van der Waals surface area contributed by atoms with Gasteiger partial charge in [0, 0.05) is 24.3 Å². The van der Waals surface area contributed by atoms with Crippen LogP contribution in [0.15, 0.2) is 90.7 Å². The summed E-state index contributed by atoms with van der Waals surface area (Å²) in [4.78, 5) is 25.7. The van der Waals surface area contributed by atoms with Crippen molar-refractivity contribution in [2.75, 3.05) is 19.8 Å². The molecule has 0 spiro atoms. The first-order valence-electron chi connectivity index (χ1n) is 23.5. The van der Waals surface area contributed by atoms with E-state index < -0.39 is 159 Å². The highest BCUT2D eigenvalue weighted by Gasteiger charge is 2.53. The summed E-state index contributed by atoms with van der Waals surface area (Å²) in [6.07, 6.45) is -23.9. The van der Waals surface area contributed by atoms with Crippen molar-refractivity contribution in [2.45, 2.75) is 98.2 Å². The number of benzene rings is 4. The summed E-state index contributed by atoms with van der Waals surface area (Å²) in [5.41, 5.74) is 0.864. The Morgan fingerprint density at radius 1 is 0.532 bits per heavy atom. The molecule has 0 aliphatic carbocycles. The molecule has 0 radical (unpaired) electrons. The Morgan fingerprint density at radius 3 is 1.61 bits per heavy atom. The van der Waals surface area contributed by atoms with Crippen molar-refractivity contribution in [3.05, 3.63) is 113 Å². The molecule has 0 amide bonds. The van der Waals surface area contributed by atoms with Gasteiger partial charge in [-0.2, -0.15) is 0 Å². The van der Waals surface area contributed by atoms with Crippen LogP contribution in [0.2, 0.25) is 0 Å². The molecular weight excluding hydrogens is 1030 g/mol. The molecule has 1 unspecified atom stereocenters. The Morgan fingerprint density at radius 2 is 1.05 bits per heavy atom. The number of phenolic OH excluding ortho intramolecular Hbond substituents is 6. The van der Waals surface area contributed by atoms with Crippen LogP contribution in [0.4, 0.5) is 0 Å². The summed E-state index contributed by atoms with van der Waals surface area (Å²) in [5.74, 6) is -4.85. The predicted octanol–water partition coefficient (Wildman–Crippen LogP) is -1.39. The third-order valence-electron chi connectivity index (χ3n) is 12.7. The highest BCUT2D eigenvalue weighted by Crippen LogP contribution is 2.47. The van der Waals surface area contributed by atoms with E-state index >= 15 is 0 Å². The first-order valence-corrected chi connectivity index (χ1v) is 23.5. The molecule has 26 nitrogen and oxygen atoms in total. The van der Waals surface area contributed by atoms with Gasteiger partial charge in [0.25, 0.3) is 11.9 Å². The summed E-state index contributed by atoms with van der Waals surface area (Å²) < 4.78 is 51.2. The topological polar surface area (TPSA) is 424 Å². The molecule has 0 saturated carbocycles. The van der Waals surface area contributed by atoms with Crippen LogP contribution in [-0.4, -0.2) is 205 Å². The third-order valence-corrected chi connectivity index (χ3v) is 12.7. The molecule has 414 valence electrons. The number of esters is 2. The molecule has 0 bridgehead atoms. The molecule has 4 aromatic rings. The Bertz CT molecular complexity index is 2820. The lowest BCUT2D eigenvalue weighted by Crippen LogP contribution is -2.64. The number of hydrogen-bond acceptors (Lipinski definition) is 25. The van der Waals surface area contributed by atoms with E-state index in [-0.39, 0.29) is 39.7 Å². The zero-order valence-electron chi connectivity index (χ0n) is 39.9. The van der Waals surface area contributed by atoms with E-state index in [1.165, 1.54) is 72.8 Å². The summed E-state index contributed by atoms with van der Waals surface area (Å²) >= 11 is 0. The number of carbonyl (C=O) groups is 2. The van der Waals surface area contributed by atoms with Gasteiger partial charge in [-0.15, -0.1) is 0 Å². The third kappa shape index (κ3) is 12.8. The maximum atomic E-state index is 12.9. The van der Waals surface area contributed by atoms with Crippen molar-refractivity contribution < 1.29 is 129 Å². The molecule has 4 aliphatic rings. The lowest BCUT2D eigenvalue weighted by atomic mass is 9.97. The number of aliphatic hydroxyl groups excluding tert-OH is 9. The van der Waals surface area contributed by atoms with Crippen LogP contribution in [0.1, 0.15) is 28.4 Å². The summed E-state index contributed by atoms with van der Waals surface area (Å²) in [6.45, 7) is -2.37. The number of fused-ring (bicyclic) bond motifs is 1. The van der Waals surface area contributed by atoms with Crippen molar-refractivity contribution >= 4 is 30.2 Å². The van der Waals surface area contributed by atoms with Gasteiger partial charge in [0.05, 0.1) is 18.2 Å². The van der Waals surface area contributed by atoms with Crippen LogP contribution in [0.5, 0.6) is 46.0 Å². The van der Waals surface area contributed by atoms with Gasteiger partial charge in [0.15, 0.2) is 41.2 Å². The van der Waals surface area contributed by atoms with Gasteiger partial charge >= 0.3 is 11.9 Å². The van der Waals surface area contributed by atoms with Crippen molar-refractivity contribution in [3.8, 4) is 46.0 Å². The zero-order chi connectivity index (χ0) is 55.4. The number of carbonyl (C=O) groups excluding carboxylic acids is 2. The van der Waals surface area contributed by atoms with Gasteiger partial charge in [-0.3, -0.25) is 0 Å². The van der Waals surface area contributed by atoms with Crippen molar-refractivity contribution in [1.82, 2.24) is 0 Å². The number of hydrogen-bond donors (Lipinski definition) is 15. The van der Waals surface area contributed by atoms with E-state index in [0.717, 1.165) is 30.4 Å². The Balaban J connectivity index is 1.10. The van der Waals surface area contributed by atoms with E-state index in [9.17, 15) is 86.2 Å². The molecule has 4 aromatic carbocycles. The molecule has 77 heavy (non-hydrogen) atoms. The highest BCUT2D eigenvalue weighted by molar-refractivity contribution is 5.87. The smallest absolute Gasteiger partial charge is 0.330 e. The van der Waals surface area contributed by atoms with Gasteiger partial charge in [0.1, 0.15) is 103 Å². The Labute approximate surface area is 435 Å². The van der Waals surface area contributed by atoms with Crippen LogP contribution in [0.25, 0.3) is 18.2 Å². The normalized spacial score (nSPS) is 31.2.